The monoisotopic (exact) mass is 667 g/mol. The molecular formula is C44H37N5S. The van der Waals surface area contributed by atoms with Crippen molar-refractivity contribution in [2.24, 2.45) is 28.5 Å². The van der Waals surface area contributed by atoms with Crippen LogP contribution in [0.2, 0.25) is 0 Å². The number of rotatable bonds is 5. The fourth-order valence-corrected chi connectivity index (χ4v) is 10.3. The molecule has 0 aliphatic heterocycles. The van der Waals surface area contributed by atoms with Gasteiger partial charge in [-0.05, 0) is 94.8 Å². The van der Waals surface area contributed by atoms with Crippen molar-refractivity contribution >= 4 is 43.9 Å². The highest BCUT2D eigenvalue weighted by molar-refractivity contribution is 7.20. The molecule has 1 aromatic heterocycles. The van der Waals surface area contributed by atoms with Gasteiger partial charge in [-0.3, -0.25) is 5.41 Å². The van der Waals surface area contributed by atoms with Crippen molar-refractivity contribution in [3.05, 3.63) is 142 Å². The van der Waals surface area contributed by atoms with E-state index in [9.17, 15) is 5.26 Å². The van der Waals surface area contributed by atoms with Gasteiger partial charge in [-0.15, -0.1) is 11.3 Å². The Kier molecular flexibility index (Phi) is 8.06. The Labute approximate surface area is 296 Å². The molecule has 3 N–H and O–H groups in total. The largest absolute Gasteiger partial charge is 0.383 e. The molecule has 6 aromatic rings. The van der Waals surface area contributed by atoms with Crippen LogP contribution in [-0.4, -0.2) is 11.7 Å². The fraction of sp³-hybridized carbons (Fsp3) is 0.227. The lowest BCUT2D eigenvalue weighted by Gasteiger charge is -2.54. The van der Waals surface area contributed by atoms with Crippen molar-refractivity contribution in [2.45, 2.75) is 44.4 Å². The topological polar surface area (TPSA) is 110 Å². The zero-order valence-electron chi connectivity index (χ0n) is 28.0. The molecule has 8 rings (SSSR count). The molecule has 50 heavy (non-hydrogen) atoms. The van der Waals surface area contributed by atoms with Crippen molar-refractivity contribution in [3.63, 3.8) is 0 Å². The maximum atomic E-state index is 10.2. The first kappa shape index (κ1) is 31.7. The predicted octanol–water partition coefficient (Wildman–Crippen LogP) is 10.3. The van der Waals surface area contributed by atoms with E-state index in [1.54, 1.807) is 35.6 Å². The number of thiophene rings is 1. The second-order valence-corrected chi connectivity index (χ2v) is 15.1. The van der Waals surface area contributed by atoms with Crippen LogP contribution in [0.4, 0.5) is 0 Å². The summed E-state index contributed by atoms with van der Waals surface area (Å²) < 4.78 is 1.14. The van der Waals surface area contributed by atoms with E-state index in [2.05, 4.69) is 96.9 Å². The Bertz CT molecular complexity index is 2370. The molecule has 2 aliphatic rings. The first-order valence-electron chi connectivity index (χ1n) is 17.4. The Hall–Kier alpha value is -5.56. The van der Waals surface area contributed by atoms with Crippen LogP contribution < -0.4 is 5.73 Å². The highest BCUT2D eigenvalue weighted by Gasteiger charge is 2.51. The van der Waals surface area contributed by atoms with Crippen molar-refractivity contribution in [1.82, 2.24) is 0 Å². The molecule has 2 saturated carbocycles. The highest BCUT2D eigenvalue weighted by atomic mass is 32.1. The normalized spacial score (nSPS) is 21.8. The van der Waals surface area contributed by atoms with Gasteiger partial charge in [0.2, 0.25) is 0 Å². The lowest BCUT2D eigenvalue weighted by molar-refractivity contribution is 0.0642. The van der Waals surface area contributed by atoms with E-state index in [1.807, 2.05) is 12.1 Å². The number of fused-ring (bicyclic) bond motifs is 5. The van der Waals surface area contributed by atoms with E-state index in [-0.39, 0.29) is 17.1 Å². The molecule has 6 heteroatoms. The number of hydrogen-bond acceptors (Lipinski definition) is 4. The Morgan fingerprint density at radius 2 is 1.52 bits per heavy atom. The second kappa shape index (κ2) is 12.7. The third-order valence-corrected chi connectivity index (χ3v) is 12.5. The van der Waals surface area contributed by atoms with Crippen LogP contribution in [0.15, 0.2) is 114 Å². The van der Waals surface area contributed by atoms with E-state index in [0.29, 0.717) is 28.5 Å². The Balaban J connectivity index is 1.19. The predicted molar refractivity (Wildman–Crippen MR) is 205 cm³/mol. The second-order valence-electron chi connectivity index (χ2n) is 14.0. The summed E-state index contributed by atoms with van der Waals surface area (Å²) in [5, 5.41) is 31.6. The van der Waals surface area contributed by atoms with Gasteiger partial charge >= 0.3 is 0 Å². The molecule has 0 amide bonds. The van der Waals surface area contributed by atoms with Gasteiger partial charge in [0, 0.05) is 32.2 Å². The molecule has 244 valence electrons. The van der Waals surface area contributed by atoms with Crippen LogP contribution in [0.25, 0.3) is 32.0 Å². The van der Waals surface area contributed by atoms with Crippen LogP contribution in [0.5, 0.6) is 0 Å². The van der Waals surface area contributed by atoms with Crippen LogP contribution >= 0.6 is 11.3 Å². The summed E-state index contributed by atoms with van der Waals surface area (Å²) in [5.74, 6) is 2.09. The number of hydrogen-bond donors (Lipinski definition) is 2. The Morgan fingerprint density at radius 1 is 0.820 bits per heavy atom. The van der Waals surface area contributed by atoms with Gasteiger partial charge in [0.05, 0.1) is 11.6 Å². The summed E-state index contributed by atoms with van der Waals surface area (Å²) in [6.07, 6.45) is 6.20. The average molecular weight is 668 g/mol. The third-order valence-electron chi connectivity index (χ3n) is 11.4. The summed E-state index contributed by atoms with van der Waals surface area (Å²) in [6, 6.07) is 41.9. The van der Waals surface area contributed by atoms with Crippen molar-refractivity contribution in [2.75, 3.05) is 0 Å². The maximum Gasteiger partial charge on any atom is 0.154 e. The number of nitrogens with two attached hydrogens (primary N) is 1. The molecule has 2 fully saturated rings. The quantitative estimate of drug-likeness (QED) is 0.141. The number of nitriles is 2. The van der Waals surface area contributed by atoms with Crippen LogP contribution in [0, 0.1) is 45.8 Å². The number of amidine groups is 2. The third kappa shape index (κ3) is 5.20. The first-order valence-corrected chi connectivity index (χ1v) is 18.2. The molecule has 2 bridgehead atoms. The summed E-state index contributed by atoms with van der Waals surface area (Å²) in [5.41, 5.74) is 12.8. The minimum atomic E-state index is -0.164. The molecule has 5 nitrogen and oxygen atoms in total. The van der Waals surface area contributed by atoms with Gasteiger partial charge in [-0.2, -0.15) is 10.5 Å². The number of benzene rings is 5. The average Bonchev–Trinajstić information content (AvgIpc) is 3.55. The van der Waals surface area contributed by atoms with Crippen LogP contribution in [-0.2, 0) is 5.41 Å². The molecule has 0 radical (unpaired) electrons. The molecule has 4 atom stereocenters. The van der Waals surface area contributed by atoms with E-state index < -0.39 is 0 Å². The standard InChI is InChI=1S/C44H37N5S/c1-27-23-29-5-4-7-36(24-29)44(27,35-20-15-33(16-21-35)43(48)49-42(47)32-11-9-28(25-45)10-12-32)34-18-13-31(14-19-34)40-39(26-46)50-38-22-17-30-6-2-3-8-37(30)41(38)40/h2-3,6,8-22,27,29,36H,4-5,7,23-24H2,1H3,(H3,47,48,49). The van der Waals surface area contributed by atoms with Crippen LogP contribution in [0.3, 0.4) is 0 Å². The van der Waals surface area contributed by atoms with E-state index in [4.69, 9.17) is 16.4 Å². The van der Waals surface area contributed by atoms with Crippen molar-refractivity contribution in [1.29, 1.82) is 15.9 Å². The van der Waals surface area contributed by atoms with Crippen LogP contribution in [0.1, 0.15) is 71.7 Å². The van der Waals surface area contributed by atoms with Gasteiger partial charge in [-0.1, -0.05) is 98.6 Å². The molecule has 2 aliphatic carbocycles. The fourth-order valence-electron chi connectivity index (χ4n) is 9.22. The van der Waals surface area contributed by atoms with E-state index in [1.165, 1.54) is 54.0 Å². The molecular weight excluding hydrogens is 631 g/mol. The SMILES string of the molecule is CC1CC2CCCC(C2)C1(c1ccc(C(=N)/N=C(\N)c2ccc(C#N)cc2)cc1)c1ccc(-c2c(C#N)sc3ccc4ccccc4c23)cc1. The van der Waals surface area contributed by atoms with Crippen molar-refractivity contribution in [3.8, 4) is 23.3 Å². The number of nitrogens with one attached hydrogen (secondary N) is 1. The number of aliphatic imine (C=N–C) groups is 1. The highest BCUT2D eigenvalue weighted by Crippen LogP contribution is 2.58. The summed E-state index contributed by atoms with van der Waals surface area (Å²) >= 11 is 1.57. The summed E-state index contributed by atoms with van der Waals surface area (Å²) in [4.78, 5) is 5.17. The lowest BCUT2D eigenvalue weighted by Crippen LogP contribution is -2.49. The molecule has 0 saturated heterocycles. The van der Waals surface area contributed by atoms with Gasteiger partial charge in [0.15, 0.2) is 5.84 Å². The molecule has 0 spiro atoms. The van der Waals surface area contributed by atoms with Gasteiger partial charge in [-0.25, -0.2) is 4.99 Å². The van der Waals surface area contributed by atoms with E-state index in [0.717, 1.165) is 32.0 Å². The van der Waals surface area contributed by atoms with E-state index >= 15 is 0 Å². The molecule has 4 unspecified atom stereocenters. The maximum absolute atomic E-state index is 10.2. The summed E-state index contributed by atoms with van der Waals surface area (Å²) in [7, 11) is 0. The van der Waals surface area contributed by atoms with Gasteiger partial charge in [0.25, 0.3) is 0 Å². The minimum Gasteiger partial charge on any atom is -0.383 e. The minimum absolute atomic E-state index is 0.107. The van der Waals surface area contributed by atoms with Crippen molar-refractivity contribution < 1.29 is 0 Å². The molecule has 1 heterocycles. The molecule has 5 aromatic carbocycles. The zero-order valence-corrected chi connectivity index (χ0v) is 28.8. The smallest absolute Gasteiger partial charge is 0.154 e. The number of nitrogens with zero attached hydrogens (tertiary/aromatic N) is 3. The Morgan fingerprint density at radius 3 is 2.24 bits per heavy atom. The van der Waals surface area contributed by atoms with Gasteiger partial charge < -0.3 is 5.73 Å². The summed E-state index contributed by atoms with van der Waals surface area (Å²) in [6.45, 7) is 2.43. The van der Waals surface area contributed by atoms with Gasteiger partial charge in [0.1, 0.15) is 16.8 Å². The first-order chi connectivity index (χ1) is 24.4. The zero-order chi connectivity index (χ0) is 34.4. The lowest BCUT2D eigenvalue weighted by atomic mass is 9.49.